The van der Waals surface area contributed by atoms with Crippen LogP contribution in [-0.2, 0) is 9.47 Å². The minimum Gasteiger partial charge on any atom is -0.377 e. The summed E-state index contributed by atoms with van der Waals surface area (Å²) in [6.07, 6.45) is 4.93. The van der Waals surface area contributed by atoms with E-state index in [-0.39, 0.29) is 5.72 Å². The highest BCUT2D eigenvalue weighted by Crippen LogP contribution is 2.48. The van der Waals surface area contributed by atoms with Crippen LogP contribution in [0.2, 0.25) is 0 Å². The first-order valence-electron chi connectivity index (χ1n) is 5.30. The molecule has 1 aliphatic carbocycles. The smallest absolute Gasteiger partial charge is 0.142 e. The van der Waals surface area contributed by atoms with Crippen LogP contribution in [-0.4, -0.2) is 32.1 Å². The van der Waals surface area contributed by atoms with Gasteiger partial charge in [-0.1, -0.05) is 0 Å². The molecule has 3 aliphatic rings. The zero-order chi connectivity index (χ0) is 8.78. The highest BCUT2D eigenvalue weighted by Gasteiger charge is 2.50. The molecule has 3 fully saturated rings. The molecule has 2 saturated heterocycles. The van der Waals surface area contributed by atoms with Gasteiger partial charge in [0.15, 0.2) is 0 Å². The zero-order valence-electron chi connectivity index (χ0n) is 7.97. The predicted molar refractivity (Wildman–Crippen MR) is 48.4 cm³/mol. The first kappa shape index (κ1) is 8.21. The summed E-state index contributed by atoms with van der Waals surface area (Å²) in [5, 5.41) is 3.54. The third-order valence-electron chi connectivity index (χ3n) is 3.60. The number of ether oxygens (including phenoxy) is 2. The molecule has 0 radical (unpaired) electrons. The topological polar surface area (TPSA) is 30.5 Å². The minimum atomic E-state index is -0.119. The van der Waals surface area contributed by atoms with E-state index in [2.05, 4.69) is 5.32 Å². The highest BCUT2D eigenvalue weighted by molar-refractivity contribution is 5.00. The molecule has 2 heterocycles. The lowest BCUT2D eigenvalue weighted by molar-refractivity contribution is -0.180. The van der Waals surface area contributed by atoms with Crippen molar-refractivity contribution in [3.63, 3.8) is 0 Å². The SMILES string of the molecule is C1COCC2(C1)NCC1(CC1)CO2. The molecule has 2 spiro atoms. The Labute approximate surface area is 78.8 Å². The fourth-order valence-corrected chi connectivity index (χ4v) is 2.26. The largest absolute Gasteiger partial charge is 0.377 e. The van der Waals surface area contributed by atoms with Gasteiger partial charge in [-0.25, -0.2) is 0 Å². The zero-order valence-corrected chi connectivity index (χ0v) is 7.97. The molecular formula is C10H17NO2. The summed E-state index contributed by atoms with van der Waals surface area (Å²) in [6.45, 7) is 3.72. The quantitative estimate of drug-likeness (QED) is 0.605. The van der Waals surface area contributed by atoms with Gasteiger partial charge in [0.1, 0.15) is 5.72 Å². The summed E-state index contributed by atoms with van der Waals surface area (Å²) in [4.78, 5) is 0. The van der Waals surface area contributed by atoms with E-state index < -0.39 is 0 Å². The number of nitrogens with one attached hydrogen (secondary N) is 1. The second-order valence-electron chi connectivity index (χ2n) is 4.79. The third kappa shape index (κ3) is 1.39. The first-order valence-corrected chi connectivity index (χ1v) is 5.30. The average molecular weight is 183 g/mol. The van der Waals surface area contributed by atoms with Crippen LogP contribution in [0.15, 0.2) is 0 Å². The molecular weight excluding hydrogens is 166 g/mol. The molecule has 0 aromatic rings. The summed E-state index contributed by atoms with van der Waals surface area (Å²) in [6, 6.07) is 0. The van der Waals surface area contributed by atoms with E-state index in [1.54, 1.807) is 0 Å². The lowest BCUT2D eigenvalue weighted by Crippen LogP contribution is -2.59. The Morgan fingerprint density at radius 1 is 1.08 bits per heavy atom. The molecule has 0 amide bonds. The Bertz CT molecular complexity index is 195. The fraction of sp³-hybridized carbons (Fsp3) is 1.00. The summed E-state index contributed by atoms with van der Waals surface area (Å²) in [5.74, 6) is 0. The van der Waals surface area contributed by atoms with Crippen molar-refractivity contribution in [3.05, 3.63) is 0 Å². The van der Waals surface area contributed by atoms with Gasteiger partial charge in [-0.15, -0.1) is 0 Å². The van der Waals surface area contributed by atoms with Gasteiger partial charge in [0.05, 0.1) is 13.2 Å². The Kier molecular flexibility index (Phi) is 1.70. The van der Waals surface area contributed by atoms with E-state index in [1.807, 2.05) is 0 Å². The number of hydrogen-bond donors (Lipinski definition) is 1. The van der Waals surface area contributed by atoms with Gasteiger partial charge >= 0.3 is 0 Å². The van der Waals surface area contributed by atoms with E-state index in [1.165, 1.54) is 12.8 Å². The van der Waals surface area contributed by atoms with Gasteiger partial charge in [-0.2, -0.15) is 0 Å². The van der Waals surface area contributed by atoms with Crippen LogP contribution in [0.25, 0.3) is 0 Å². The molecule has 1 atom stereocenters. The van der Waals surface area contributed by atoms with E-state index in [4.69, 9.17) is 9.47 Å². The van der Waals surface area contributed by atoms with Gasteiger partial charge in [0.25, 0.3) is 0 Å². The van der Waals surface area contributed by atoms with Crippen molar-refractivity contribution in [2.75, 3.05) is 26.4 Å². The molecule has 3 heteroatoms. The molecule has 0 aromatic carbocycles. The van der Waals surface area contributed by atoms with E-state index in [9.17, 15) is 0 Å². The van der Waals surface area contributed by atoms with Crippen LogP contribution in [0.5, 0.6) is 0 Å². The van der Waals surface area contributed by atoms with E-state index in [0.29, 0.717) is 5.41 Å². The van der Waals surface area contributed by atoms with E-state index in [0.717, 1.165) is 39.2 Å². The Balaban J connectivity index is 1.65. The van der Waals surface area contributed by atoms with Gasteiger partial charge in [-0.3, -0.25) is 5.32 Å². The molecule has 3 rings (SSSR count). The summed E-state index contributed by atoms with van der Waals surface area (Å²) in [5.41, 5.74) is 0.398. The normalized spacial score (nSPS) is 42.5. The van der Waals surface area contributed by atoms with Crippen LogP contribution in [0.3, 0.4) is 0 Å². The van der Waals surface area contributed by atoms with Crippen molar-refractivity contribution in [2.24, 2.45) is 5.41 Å². The van der Waals surface area contributed by atoms with Crippen molar-refractivity contribution < 1.29 is 9.47 Å². The van der Waals surface area contributed by atoms with Crippen molar-refractivity contribution in [2.45, 2.75) is 31.4 Å². The van der Waals surface area contributed by atoms with Gasteiger partial charge in [0, 0.05) is 18.6 Å². The van der Waals surface area contributed by atoms with Gasteiger partial charge in [-0.05, 0) is 25.7 Å². The molecule has 74 valence electrons. The second-order valence-corrected chi connectivity index (χ2v) is 4.79. The lowest BCUT2D eigenvalue weighted by atomic mass is 9.99. The Morgan fingerprint density at radius 2 is 2.00 bits per heavy atom. The monoisotopic (exact) mass is 183 g/mol. The summed E-state index contributed by atoms with van der Waals surface area (Å²) in [7, 11) is 0. The van der Waals surface area contributed by atoms with Crippen molar-refractivity contribution in [1.82, 2.24) is 5.32 Å². The van der Waals surface area contributed by atoms with E-state index >= 15 is 0 Å². The molecule has 13 heavy (non-hydrogen) atoms. The summed E-state index contributed by atoms with van der Waals surface area (Å²) < 4.78 is 11.4. The Morgan fingerprint density at radius 3 is 2.54 bits per heavy atom. The molecule has 1 unspecified atom stereocenters. The average Bonchev–Trinajstić information content (AvgIpc) is 2.94. The number of hydrogen-bond acceptors (Lipinski definition) is 3. The second kappa shape index (κ2) is 2.69. The standard InChI is InChI=1S/C10H17NO2/c1-2-10(8-12-5-1)11-6-9(3-4-9)7-13-10/h11H,1-8H2. The molecule has 2 aliphatic heterocycles. The molecule has 1 saturated carbocycles. The lowest BCUT2D eigenvalue weighted by Gasteiger charge is -2.43. The van der Waals surface area contributed by atoms with Crippen molar-refractivity contribution in [3.8, 4) is 0 Å². The molecule has 0 aromatic heterocycles. The molecule has 0 bridgehead atoms. The first-order chi connectivity index (χ1) is 6.33. The maximum absolute atomic E-state index is 5.95. The van der Waals surface area contributed by atoms with Gasteiger partial charge < -0.3 is 9.47 Å². The van der Waals surface area contributed by atoms with Crippen LogP contribution in [0.1, 0.15) is 25.7 Å². The van der Waals surface area contributed by atoms with Crippen LogP contribution in [0, 0.1) is 5.41 Å². The third-order valence-corrected chi connectivity index (χ3v) is 3.60. The number of rotatable bonds is 0. The van der Waals surface area contributed by atoms with Crippen LogP contribution < -0.4 is 5.32 Å². The van der Waals surface area contributed by atoms with Crippen molar-refractivity contribution in [1.29, 1.82) is 0 Å². The predicted octanol–water partition coefficient (Wildman–Crippen LogP) is 0.893. The summed E-state index contributed by atoms with van der Waals surface area (Å²) >= 11 is 0. The van der Waals surface area contributed by atoms with Crippen LogP contribution in [0.4, 0.5) is 0 Å². The molecule has 3 nitrogen and oxygen atoms in total. The van der Waals surface area contributed by atoms with Crippen LogP contribution >= 0.6 is 0 Å². The minimum absolute atomic E-state index is 0.119. The maximum atomic E-state index is 5.95. The highest BCUT2D eigenvalue weighted by atomic mass is 16.6. The maximum Gasteiger partial charge on any atom is 0.142 e. The Hall–Kier alpha value is -0.120. The van der Waals surface area contributed by atoms with Gasteiger partial charge in [0.2, 0.25) is 0 Å². The van der Waals surface area contributed by atoms with Crippen molar-refractivity contribution >= 4 is 0 Å². The fourth-order valence-electron chi connectivity index (χ4n) is 2.26. The molecule has 1 N–H and O–H groups in total.